The molecular weight excluding hydrogens is 418 g/mol. The molecule has 4 fully saturated rings. The van der Waals surface area contributed by atoms with E-state index in [-0.39, 0.29) is 42.0 Å². The number of Topliss-reactive ketones (excluding diaryl/α,β-unsaturated/α-hetero) is 1. The Morgan fingerprint density at radius 3 is 3.00 bits per heavy atom. The van der Waals surface area contributed by atoms with Crippen molar-refractivity contribution in [2.45, 2.75) is 37.5 Å². The molecule has 0 aromatic carbocycles. The third-order valence-electron chi connectivity index (χ3n) is 8.48. The summed E-state index contributed by atoms with van der Waals surface area (Å²) >= 11 is 0. The molecule has 0 amide bonds. The van der Waals surface area contributed by atoms with Crippen molar-refractivity contribution in [2.24, 2.45) is 17.3 Å². The Balaban J connectivity index is 1.55. The van der Waals surface area contributed by atoms with E-state index in [1.54, 1.807) is 0 Å². The van der Waals surface area contributed by atoms with Crippen molar-refractivity contribution in [1.29, 1.82) is 0 Å². The Hall–Kier alpha value is -2.85. The predicted molar refractivity (Wildman–Crippen MR) is 108 cm³/mol. The normalized spacial score (nSPS) is 39.5. The average Bonchev–Trinajstić information content (AvgIpc) is 3.24. The summed E-state index contributed by atoms with van der Waals surface area (Å²) in [5, 5.41) is 15.1. The SMILES string of the molecule is COC(=O)C[C@H]1OCC=C2CN3CC[C@]45C6=CC(=O)C(=O)C([N+](=O)[O-])=C6N[C@@H]4[C@H]1[C@@H]2C[C@@H]35. The lowest BCUT2D eigenvalue weighted by molar-refractivity contribution is -0.419. The Morgan fingerprint density at radius 1 is 1.44 bits per heavy atom. The number of hydrogen-bond donors (Lipinski definition) is 1. The minimum Gasteiger partial charge on any atom is -0.469 e. The van der Waals surface area contributed by atoms with E-state index >= 15 is 0 Å². The van der Waals surface area contributed by atoms with E-state index in [0.717, 1.165) is 25.9 Å². The second kappa shape index (κ2) is 6.58. The molecule has 0 unspecified atom stereocenters. The maximum absolute atomic E-state index is 12.5. The van der Waals surface area contributed by atoms with Crippen LogP contribution in [0.1, 0.15) is 19.3 Å². The fourth-order valence-corrected chi connectivity index (χ4v) is 7.31. The maximum Gasteiger partial charge on any atom is 0.343 e. The van der Waals surface area contributed by atoms with Crippen molar-refractivity contribution in [1.82, 2.24) is 10.2 Å². The number of carbonyl (C=O) groups is 3. The number of hydrogen-bond acceptors (Lipinski definition) is 9. The van der Waals surface area contributed by atoms with Gasteiger partial charge in [0.15, 0.2) is 0 Å². The summed E-state index contributed by atoms with van der Waals surface area (Å²) < 4.78 is 11.1. The molecule has 32 heavy (non-hydrogen) atoms. The van der Waals surface area contributed by atoms with E-state index in [1.165, 1.54) is 18.8 Å². The quantitative estimate of drug-likeness (QED) is 0.162. The first kappa shape index (κ1) is 19.8. The van der Waals surface area contributed by atoms with Crippen LogP contribution in [0, 0.1) is 27.4 Å². The molecule has 6 atom stereocenters. The summed E-state index contributed by atoms with van der Waals surface area (Å²) in [6, 6.07) is -0.185. The van der Waals surface area contributed by atoms with Crippen molar-refractivity contribution in [2.75, 3.05) is 26.8 Å². The van der Waals surface area contributed by atoms with Crippen LogP contribution in [0.2, 0.25) is 0 Å². The van der Waals surface area contributed by atoms with Gasteiger partial charge in [-0.05, 0) is 37.0 Å². The van der Waals surface area contributed by atoms with E-state index in [4.69, 9.17) is 9.47 Å². The molecule has 10 nitrogen and oxygen atoms in total. The Kier molecular flexibility index (Phi) is 4.07. The standard InChI is InChI=1S/C22H23N3O7/c1-31-16(27)8-14-17-11-6-15-22(3-4-24(15)9-10(11)2-5-32-14)12-7-13(26)20(28)19(25(29)30)18(12)23-21(17)22/h2,7,11,14-15,17,21,23H,3-6,8-9H2,1H3/t11-,14-,15-,17+,21-,22-/m1/s1. The largest absolute Gasteiger partial charge is 0.469 e. The Labute approximate surface area is 183 Å². The van der Waals surface area contributed by atoms with Gasteiger partial charge in [0.2, 0.25) is 5.78 Å². The summed E-state index contributed by atoms with van der Waals surface area (Å²) in [7, 11) is 1.34. The van der Waals surface area contributed by atoms with Crippen molar-refractivity contribution in [3.8, 4) is 0 Å². The number of piperidine rings is 1. The highest BCUT2D eigenvalue weighted by molar-refractivity contribution is 6.48. The molecule has 4 aliphatic heterocycles. The van der Waals surface area contributed by atoms with Gasteiger partial charge in [0, 0.05) is 30.0 Å². The molecule has 10 heteroatoms. The second-order valence-electron chi connectivity index (χ2n) is 9.48. The van der Waals surface area contributed by atoms with Crippen LogP contribution >= 0.6 is 0 Å². The van der Waals surface area contributed by atoms with E-state index < -0.39 is 33.7 Å². The zero-order valence-electron chi connectivity index (χ0n) is 17.5. The Bertz CT molecular complexity index is 1080. The van der Waals surface area contributed by atoms with Crippen LogP contribution in [0.3, 0.4) is 0 Å². The molecule has 0 radical (unpaired) electrons. The lowest BCUT2D eigenvalue weighted by atomic mass is 9.54. The molecule has 2 bridgehead atoms. The number of nitro groups is 1. The van der Waals surface area contributed by atoms with Gasteiger partial charge in [0.05, 0.1) is 31.2 Å². The molecule has 6 rings (SSSR count). The highest BCUT2D eigenvalue weighted by atomic mass is 16.6. The summed E-state index contributed by atoms with van der Waals surface area (Å²) in [6.07, 6.45) is 4.62. The number of fused-ring (bicyclic) bond motifs is 2. The molecule has 1 spiro atoms. The van der Waals surface area contributed by atoms with E-state index in [0.29, 0.717) is 12.2 Å². The van der Waals surface area contributed by atoms with Gasteiger partial charge in [-0.15, -0.1) is 0 Å². The number of carbonyl (C=O) groups excluding carboxylic acids is 3. The number of nitrogens with zero attached hydrogens (tertiary/aromatic N) is 2. The van der Waals surface area contributed by atoms with Gasteiger partial charge in [0.25, 0.3) is 0 Å². The molecule has 4 heterocycles. The first-order valence-corrected chi connectivity index (χ1v) is 10.9. The van der Waals surface area contributed by atoms with Crippen LogP contribution in [-0.2, 0) is 23.9 Å². The molecule has 0 aromatic heterocycles. The van der Waals surface area contributed by atoms with Crippen LogP contribution in [0.25, 0.3) is 0 Å². The average molecular weight is 441 g/mol. The van der Waals surface area contributed by atoms with Gasteiger partial charge in [-0.3, -0.25) is 29.4 Å². The molecular formula is C22H23N3O7. The summed E-state index contributed by atoms with van der Waals surface area (Å²) in [5.74, 6) is -2.28. The minimum atomic E-state index is -1.09. The minimum absolute atomic E-state index is 0.0828. The number of ketones is 2. The highest BCUT2D eigenvalue weighted by Crippen LogP contribution is 2.64. The van der Waals surface area contributed by atoms with E-state index in [1.807, 2.05) is 0 Å². The molecule has 0 aromatic rings. The van der Waals surface area contributed by atoms with E-state index in [2.05, 4.69) is 16.3 Å². The lowest BCUT2D eigenvalue weighted by Crippen LogP contribution is -2.63. The van der Waals surface area contributed by atoms with Crippen molar-refractivity contribution >= 4 is 17.5 Å². The van der Waals surface area contributed by atoms with Gasteiger partial charge < -0.3 is 14.8 Å². The fraction of sp³-hybridized carbons (Fsp3) is 0.591. The maximum atomic E-state index is 12.5. The third-order valence-corrected chi connectivity index (χ3v) is 8.48. The number of esters is 1. The molecule has 1 N–H and O–H groups in total. The topological polar surface area (TPSA) is 128 Å². The van der Waals surface area contributed by atoms with Crippen LogP contribution < -0.4 is 5.32 Å². The van der Waals surface area contributed by atoms with Crippen molar-refractivity contribution < 1.29 is 28.8 Å². The zero-order chi connectivity index (χ0) is 22.4. The van der Waals surface area contributed by atoms with Crippen LogP contribution in [0.15, 0.2) is 34.7 Å². The highest BCUT2D eigenvalue weighted by Gasteiger charge is 2.69. The fourth-order valence-electron chi connectivity index (χ4n) is 7.31. The summed E-state index contributed by atoms with van der Waals surface area (Å²) in [6.45, 7) is 1.99. The predicted octanol–water partition coefficient (Wildman–Crippen LogP) is 0.123. The molecule has 3 saturated heterocycles. The van der Waals surface area contributed by atoms with Gasteiger partial charge in [-0.1, -0.05) is 11.6 Å². The number of allylic oxidation sites excluding steroid dienone is 3. The first-order chi connectivity index (χ1) is 15.4. The zero-order valence-corrected chi connectivity index (χ0v) is 17.5. The van der Waals surface area contributed by atoms with Crippen LogP contribution in [0.5, 0.6) is 0 Å². The molecule has 1 saturated carbocycles. The third kappa shape index (κ3) is 2.34. The molecule has 2 aliphatic carbocycles. The van der Waals surface area contributed by atoms with Crippen molar-refractivity contribution in [3.05, 3.63) is 44.8 Å². The molecule has 168 valence electrons. The molecule has 6 aliphatic rings. The first-order valence-electron chi connectivity index (χ1n) is 10.9. The number of rotatable bonds is 3. The van der Waals surface area contributed by atoms with E-state index in [9.17, 15) is 24.5 Å². The van der Waals surface area contributed by atoms with Crippen LogP contribution in [0.4, 0.5) is 0 Å². The summed E-state index contributed by atoms with van der Waals surface area (Å²) in [5.41, 5.74) is 0.820. The Morgan fingerprint density at radius 2 is 2.25 bits per heavy atom. The smallest absolute Gasteiger partial charge is 0.343 e. The number of methoxy groups -OCH3 is 1. The van der Waals surface area contributed by atoms with Crippen LogP contribution in [-0.4, -0.2) is 72.4 Å². The van der Waals surface area contributed by atoms with Crippen molar-refractivity contribution in [3.63, 3.8) is 0 Å². The number of ether oxygens (including phenoxy) is 2. The van der Waals surface area contributed by atoms with Gasteiger partial charge in [0.1, 0.15) is 5.70 Å². The van der Waals surface area contributed by atoms with Gasteiger partial charge in [-0.25, -0.2) is 0 Å². The van der Waals surface area contributed by atoms with Gasteiger partial charge >= 0.3 is 17.4 Å². The second-order valence-corrected chi connectivity index (χ2v) is 9.48. The lowest BCUT2D eigenvalue weighted by Gasteiger charge is -2.55. The summed E-state index contributed by atoms with van der Waals surface area (Å²) in [4.78, 5) is 50.6. The monoisotopic (exact) mass is 441 g/mol. The number of nitrogens with one attached hydrogen (secondary N) is 1. The van der Waals surface area contributed by atoms with Gasteiger partial charge in [-0.2, -0.15) is 0 Å².